The Bertz CT molecular complexity index is 781. The van der Waals surface area contributed by atoms with E-state index in [2.05, 4.69) is 10.6 Å². The molecule has 3 heteroatoms. The lowest BCUT2D eigenvalue weighted by atomic mass is 10.1. The maximum Gasteiger partial charge on any atom is 0.115 e. The predicted octanol–water partition coefficient (Wildman–Crippen LogP) is 3.27. The van der Waals surface area contributed by atoms with Crippen LogP contribution in [0.1, 0.15) is 11.1 Å². The number of phenolic OH excluding ortho intramolecular Hbond substituents is 1. The van der Waals surface area contributed by atoms with Gasteiger partial charge in [0.25, 0.3) is 0 Å². The predicted molar refractivity (Wildman–Crippen MR) is 73.9 cm³/mol. The Morgan fingerprint density at radius 3 is 2.79 bits per heavy atom. The number of nitriles is 1. The van der Waals surface area contributed by atoms with Gasteiger partial charge in [-0.3, -0.25) is 0 Å². The molecule has 0 aliphatic carbocycles. The van der Waals surface area contributed by atoms with E-state index in [1.165, 1.54) is 0 Å². The molecule has 0 unspecified atom stereocenters. The van der Waals surface area contributed by atoms with Crippen LogP contribution < -0.4 is 0 Å². The maximum absolute atomic E-state index is 9.48. The van der Waals surface area contributed by atoms with Gasteiger partial charge in [0.1, 0.15) is 5.75 Å². The van der Waals surface area contributed by atoms with E-state index in [1.54, 1.807) is 12.1 Å². The lowest BCUT2D eigenvalue weighted by Gasteiger charge is -2.06. The molecule has 1 N–H and O–H groups in total. The molecule has 0 spiro atoms. The van der Waals surface area contributed by atoms with E-state index in [9.17, 15) is 5.11 Å². The van der Waals surface area contributed by atoms with Crippen LogP contribution in [0.5, 0.6) is 5.75 Å². The largest absolute Gasteiger partial charge is 0.508 e. The first-order chi connectivity index (χ1) is 9.26. The zero-order valence-corrected chi connectivity index (χ0v) is 10.2. The molecule has 0 aliphatic rings. The molecule has 3 nitrogen and oxygen atoms in total. The molecule has 0 radical (unpaired) electrons. The van der Waals surface area contributed by atoms with Crippen molar-refractivity contribution in [1.29, 1.82) is 5.26 Å². The number of phenols is 1. The molecule has 1 heterocycles. The van der Waals surface area contributed by atoms with Crippen LogP contribution in [0.25, 0.3) is 10.9 Å². The summed E-state index contributed by atoms with van der Waals surface area (Å²) in [5.74, 6) is 0.278. The number of fused-ring (bicyclic) bond motifs is 1. The Kier molecular flexibility index (Phi) is 2.70. The van der Waals surface area contributed by atoms with Crippen molar-refractivity contribution >= 4 is 10.9 Å². The number of hydrogen-bond donors (Lipinski definition) is 1. The molecule has 0 atom stereocenters. The van der Waals surface area contributed by atoms with E-state index in [0.29, 0.717) is 12.1 Å². The van der Waals surface area contributed by atoms with Gasteiger partial charge < -0.3 is 9.67 Å². The van der Waals surface area contributed by atoms with Crippen molar-refractivity contribution in [3.63, 3.8) is 0 Å². The molecule has 3 aromatic rings. The van der Waals surface area contributed by atoms with Crippen LogP contribution in [0.4, 0.5) is 0 Å². The summed E-state index contributed by atoms with van der Waals surface area (Å²) < 4.78 is 2.10. The van der Waals surface area contributed by atoms with Gasteiger partial charge in [-0.2, -0.15) is 5.26 Å². The summed E-state index contributed by atoms with van der Waals surface area (Å²) in [5.41, 5.74) is 2.80. The highest BCUT2D eigenvalue weighted by Gasteiger charge is 2.03. The van der Waals surface area contributed by atoms with Crippen molar-refractivity contribution in [3.8, 4) is 11.8 Å². The van der Waals surface area contributed by atoms with E-state index in [1.807, 2.05) is 42.6 Å². The third-order valence-corrected chi connectivity index (χ3v) is 3.16. The number of nitrogens with zero attached hydrogens (tertiary/aromatic N) is 2. The number of aromatic hydroxyl groups is 1. The molecule has 0 bridgehead atoms. The average Bonchev–Trinajstić information content (AvgIpc) is 2.81. The van der Waals surface area contributed by atoms with Crippen LogP contribution in [0.15, 0.2) is 54.7 Å². The summed E-state index contributed by atoms with van der Waals surface area (Å²) in [5, 5.41) is 19.4. The Labute approximate surface area is 111 Å². The van der Waals surface area contributed by atoms with Gasteiger partial charge in [-0.05, 0) is 42.0 Å². The van der Waals surface area contributed by atoms with Gasteiger partial charge in [-0.15, -0.1) is 0 Å². The SMILES string of the molecule is N#Cc1ccc2c(ccn2Cc2cccc(O)c2)c1. The fourth-order valence-electron chi connectivity index (χ4n) is 2.26. The molecule has 3 rings (SSSR count). The topological polar surface area (TPSA) is 49.0 Å². The van der Waals surface area contributed by atoms with Gasteiger partial charge in [0, 0.05) is 23.6 Å². The average molecular weight is 248 g/mol. The third-order valence-electron chi connectivity index (χ3n) is 3.16. The Morgan fingerprint density at radius 1 is 1.11 bits per heavy atom. The van der Waals surface area contributed by atoms with Gasteiger partial charge in [-0.25, -0.2) is 0 Å². The molecular formula is C16H12N2O. The van der Waals surface area contributed by atoms with Crippen molar-refractivity contribution in [2.75, 3.05) is 0 Å². The molecule has 0 aliphatic heterocycles. The summed E-state index contributed by atoms with van der Waals surface area (Å²) in [4.78, 5) is 0. The molecule has 0 saturated heterocycles. The number of benzene rings is 2. The van der Waals surface area contributed by atoms with Gasteiger partial charge >= 0.3 is 0 Å². The van der Waals surface area contributed by atoms with Crippen LogP contribution in [0.3, 0.4) is 0 Å². The lowest BCUT2D eigenvalue weighted by Crippen LogP contribution is -1.97. The van der Waals surface area contributed by atoms with E-state index < -0.39 is 0 Å². The quantitative estimate of drug-likeness (QED) is 0.756. The second-order valence-corrected chi connectivity index (χ2v) is 4.50. The molecule has 19 heavy (non-hydrogen) atoms. The fraction of sp³-hybridized carbons (Fsp3) is 0.0625. The second-order valence-electron chi connectivity index (χ2n) is 4.50. The van der Waals surface area contributed by atoms with Crippen LogP contribution >= 0.6 is 0 Å². The van der Waals surface area contributed by atoms with Gasteiger partial charge in [-0.1, -0.05) is 12.1 Å². The van der Waals surface area contributed by atoms with Crippen molar-refractivity contribution in [2.24, 2.45) is 0 Å². The van der Waals surface area contributed by atoms with E-state index in [-0.39, 0.29) is 5.75 Å². The summed E-state index contributed by atoms with van der Waals surface area (Å²) in [7, 11) is 0. The standard InChI is InChI=1S/C16H12N2O/c17-10-12-4-5-16-14(8-12)6-7-18(16)11-13-2-1-3-15(19)9-13/h1-9,19H,11H2. The van der Waals surface area contributed by atoms with Crippen molar-refractivity contribution in [2.45, 2.75) is 6.54 Å². The molecule has 0 amide bonds. The molecule has 1 aromatic heterocycles. The first kappa shape index (κ1) is 11.4. The molecule has 2 aromatic carbocycles. The smallest absolute Gasteiger partial charge is 0.115 e. The summed E-state index contributed by atoms with van der Waals surface area (Å²) >= 11 is 0. The highest BCUT2D eigenvalue weighted by molar-refractivity contribution is 5.81. The van der Waals surface area contributed by atoms with Crippen LogP contribution in [0, 0.1) is 11.3 Å². The zero-order valence-electron chi connectivity index (χ0n) is 10.2. The fourth-order valence-corrected chi connectivity index (χ4v) is 2.26. The second kappa shape index (κ2) is 4.51. The van der Waals surface area contributed by atoms with Crippen molar-refractivity contribution in [1.82, 2.24) is 4.57 Å². The molecule has 0 saturated carbocycles. The minimum atomic E-state index is 0.278. The van der Waals surface area contributed by atoms with Crippen molar-refractivity contribution < 1.29 is 5.11 Å². The number of hydrogen-bond acceptors (Lipinski definition) is 2. The number of rotatable bonds is 2. The van der Waals surface area contributed by atoms with Crippen LogP contribution in [-0.2, 0) is 6.54 Å². The van der Waals surface area contributed by atoms with E-state index in [0.717, 1.165) is 16.5 Å². The monoisotopic (exact) mass is 248 g/mol. The number of aromatic nitrogens is 1. The van der Waals surface area contributed by atoms with Crippen LogP contribution in [0.2, 0.25) is 0 Å². The Hall–Kier alpha value is -2.73. The highest BCUT2D eigenvalue weighted by Crippen LogP contribution is 2.20. The van der Waals surface area contributed by atoms with E-state index >= 15 is 0 Å². The molecule has 92 valence electrons. The minimum Gasteiger partial charge on any atom is -0.508 e. The van der Waals surface area contributed by atoms with Gasteiger partial charge in [0.05, 0.1) is 11.6 Å². The first-order valence-corrected chi connectivity index (χ1v) is 6.03. The molecule has 0 fully saturated rings. The Balaban J connectivity index is 2.00. The van der Waals surface area contributed by atoms with Gasteiger partial charge in [0.2, 0.25) is 0 Å². The van der Waals surface area contributed by atoms with Crippen LogP contribution in [-0.4, -0.2) is 9.67 Å². The summed E-state index contributed by atoms with van der Waals surface area (Å²) in [6.45, 7) is 0.698. The van der Waals surface area contributed by atoms with E-state index in [4.69, 9.17) is 5.26 Å². The third kappa shape index (κ3) is 2.16. The lowest BCUT2D eigenvalue weighted by molar-refractivity contribution is 0.474. The van der Waals surface area contributed by atoms with Gasteiger partial charge in [0.15, 0.2) is 0 Å². The highest BCUT2D eigenvalue weighted by atomic mass is 16.3. The first-order valence-electron chi connectivity index (χ1n) is 6.03. The summed E-state index contributed by atoms with van der Waals surface area (Å²) in [6.07, 6.45) is 2.00. The van der Waals surface area contributed by atoms with Crippen molar-refractivity contribution in [3.05, 3.63) is 65.9 Å². The maximum atomic E-state index is 9.48. The summed E-state index contributed by atoms with van der Waals surface area (Å²) in [6, 6.07) is 17.0. The minimum absolute atomic E-state index is 0.278. The zero-order chi connectivity index (χ0) is 13.2. The molecular weight excluding hydrogens is 236 g/mol. The normalized spacial score (nSPS) is 10.5. The Morgan fingerprint density at radius 2 is 2.00 bits per heavy atom.